The van der Waals surface area contributed by atoms with Crippen molar-refractivity contribution in [2.24, 2.45) is 11.7 Å². The minimum atomic E-state index is -0.303. The lowest BCUT2D eigenvalue weighted by molar-refractivity contribution is -0.114. The molecule has 0 saturated carbocycles. The summed E-state index contributed by atoms with van der Waals surface area (Å²) in [5, 5.41) is 0. The molecule has 108 valence electrons. The van der Waals surface area contributed by atoms with Crippen LogP contribution in [-0.4, -0.2) is 5.91 Å². The maximum absolute atomic E-state index is 11.2. The predicted octanol–water partition coefficient (Wildman–Crippen LogP) is 4.53. The Morgan fingerprint density at radius 1 is 1.16 bits per heavy atom. The van der Waals surface area contributed by atoms with Gasteiger partial charge in [0.1, 0.15) is 0 Å². The first-order chi connectivity index (χ1) is 9.07. The van der Waals surface area contributed by atoms with Crippen molar-refractivity contribution >= 4 is 5.91 Å². The Labute approximate surface area is 118 Å². The molecule has 2 nitrogen and oxygen atoms in total. The van der Waals surface area contributed by atoms with Gasteiger partial charge in [0, 0.05) is 5.57 Å². The second-order valence-electron chi connectivity index (χ2n) is 5.36. The monoisotopic (exact) mass is 263 g/mol. The van der Waals surface area contributed by atoms with E-state index in [4.69, 9.17) is 5.73 Å². The van der Waals surface area contributed by atoms with Crippen LogP contribution in [0.1, 0.15) is 58.8 Å². The molecule has 0 saturated heterocycles. The van der Waals surface area contributed by atoms with Crippen molar-refractivity contribution in [2.45, 2.75) is 58.8 Å². The topological polar surface area (TPSA) is 43.1 Å². The van der Waals surface area contributed by atoms with Gasteiger partial charge >= 0.3 is 0 Å². The third-order valence-corrected chi connectivity index (χ3v) is 2.91. The van der Waals surface area contributed by atoms with E-state index < -0.39 is 0 Å². The molecular formula is C17H29NO. The van der Waals surface area contributed by atoms with Crippen molar-refractivity contribution in [2.75, 3.05) is 0 Å². The molecule has 0 unspecified atom stereocenters. The summed E-state index contributed by atoms with van der Waals surface area (Å²) in [6.45, 7) is 7.89. The van der Waals surface area contributed by atoms with E-state index in [1.54, 1.807) is 0 Å². The van der Waals surface area contributed by atoms with Crippen molar-refractivity contribution in [3.05, 3.63) is 36.5 Å². The van der Waals surface area contributed by atoms with Gasteiger partial charge in [-0.15, -0.1) is 6.58 Å². The molecule has 0 bridgehead atoms. The average Bonchev–Trinajstić information content (AvgIpc) is 2.34. The fourth-order valence-corrected chi connectivity index (χ4v) is 1.88. The standard InChI is InChI=1S/C17H29NO/c1-4-5-6-7-8-9-10-11-12-13-16(17(18)19)14-15(2)3/h4,11-13,15H,1,5-10,14H2,2-3H3,(H2,18,19). The summed E-state index contributed by atoms with van der Waals surface area (Å²) in [5.74, 6) is 0.153. The van der Waals surface area contributed by atoms with E-state index >= 15 is 0 Å². The summed E-state index contributed by atoms with van der Waals surface area (Å²) in [4.78, 5) is 11.2. The fourth-order valence-electron chi connectivity index (χ4n) is 1.88. The van der Waals surface area contributed by atoms with Gasteiger partial charge in [0.25, 0.3) is 0 Å². The van der Waals surface area contributed by atoms with Crippen LogP contribution in [-0.2, 0) is 4.79 Å². The van der Waals surface area contributed by atoms with Gasteiger partial charge < -0.3 is 5.73 Å². The number of rotatable bonds is 11. The molecule has 2 heteroatoms. The quantitative estimate of drug-likeness (QED) is 0.253. The van der Waals surface area contributed by atoms with Crippen molar-refractivity contribution in [3.8, 4) is 0 Å². The van der Waals surface area contributed by atoms with Crippen LogP contribution in [0.5, 0.6) is 0 Å². The number of carbonyl (C=O) groups excluding carboxylic acids is 1. The summed E-state index contributed by atoms with van der Waals surface area (Å²) in [6, 6.07) is 0. The molecule has 0 spiro atoms. The van der Waals surface area contributed by atoms with Gasteiger partial charge in [-0.3, -0.25) is 4.79 Å². The van der Waals surface area contributed by atoms with E-state index in [9.17, 15) is 4.79 Å². The number of unbranched alkanes of at least 4 members (excludes halogenated alkanes) is 5. The highest BCUT2D eigenvalue weighted by Crippen LogP contribution is 2.11. The minimum Gasteiger partial charge on any atom is -0.366 e. The first kappa shape index (κ1) is 17.7. The Hall–Kier alpha value is -1.31. The number of allylic oxidation sites excluding steroid dienone is 4. The molecule has 0 rings (SSSR count). The fraction of sp³-hybridized carbons (Fsp3) is 0.588. The lowest BCUT2D eigenvalue weighted by Crippen LogP contribution is -2.15. The number of hydrogen-bond donors (Lipinski definition) is 1. The molecular weight excluding hydrogens is 234 g/mol. The normalized spacial score (nSPS) is 12.3. The van der Waals surface area contributed by atoms with E-state index in [0.29, 0.717) is 5.92 Å². The molecule has 0 aliphatic heterocycles. The van der Waals surface area contributed by atoms with Crippen molar-refractivity contribution in [1.82, 2.24) is 0 Å². The first-order valence-electron chi connectivity index (χ1n) is 7.34. The highest BCUT2D eigenvalue weighted by atomic mass is 16.1. The number of primary amides is 1. The Morgan fingerprint density at radius 2 is 1.79 bits per heavy atom. The van der Waals surface area contributed by atoms with E-state index in [1.807, 2.05) is 18.2 Å². The Kier molecular flexibility index (Phi) is 11.0. The van der Waals surface area contributed by atoms with Crippen LogP contribution in [0, 0.1) is 5.92 Å². The van der Waals surface area contributed by atoms with Gasteiger partial charge in [-0.2, -0.15) is 0 Å². The smallest absolute Gasteiger partial charge is 0.244 e. The second kappa shape index (κ2) is 11.8. The van der Waals surface area contributed by atoms with Crippen LogP contribution >= 0.6 is 0 Å². The third-order valence-electron chi connectivity index (χ3n) is 2.91. The average molecular weight is 263 g/mol. The molecule has 0 aliphatic carbocycles. The molecule has 0 aliphatic rings. The number of amides is 1. The molecule has 0 fully saturated rings. The molecule has 1 amide bonds. The van der Waals surface area contributed by atoms with Crippen LogP contribution in [0.4, 0.5) is 0 Å². The third kappa shape index (κ3) is 11.5. The molecule has 0 aromatic rings. The Balaban J connectivity index is 3.84. The van der Waals surface area contributed by atoms with Crippen LogP contribution in [0.15, 0.2) is 36.5 Å². The summed E-state index contributed by atoms with van der Waals surface area (Å²) < 4.78 is 0. The van der Waals surface area contributed by atoms with Crippen LogP contribution in [0.2, 0.25) is 0 Å². The van der Waals surface area contributed by atoms with Crippen molar-refractivity contribution in [1.29, 1.82) is 0 Å². The van der Waals surface area contributed by atoms with Gasteiger partial charge in [-0.05, 0) is 38.0 Å². The Bertz CT molecular complexity index is 313. The first-order valence-corrected chi connectivity index (χ1v) is 7.34. The lowest BCUT2D eigenvalue weighted by Gasteiger charge is -2.04. The molecule has 0 radical (unpaired) electrons. The molecule has 0 aromatic heterocycles. The molecule has 0 heterocycles. The summed E-state index contributed by atoms with van der Waals surface area (Å²) in [6.07, 6.45) is 15.8. The number of hydrogen-bond acceptors (Lipinski definition) is 1. The summed E-state index contributed by atoms with van der Waals surface area (Å²) >= 11 is 0. The van der Waals surface area contributed by atoms with Gasteiger partial charge in [-0.1, -0.05) is 51.0 Å². The van der Waals surface area contributed by atoms with E-state index in [2.05, 4.69) is 26.5 Å². The van der Waals surface area contributed by atoms with E-state index in [-0.39, 0.29) is 5.91 Å². The van der Waals surface area contributed by atoms with Crippen LogP contribution in [0.25, 0.3) is 0 Å². The lowest BCUT2D eigenvalue weighted by atomic mass is 10.0. The maximum atomic E-state index is 11.2. The van der Waals surface area contributed by atoms with Gasteiger partial charge in [0.15, 0.2) is 0 Å². The number of carbonyl (C=O) groups is 1. The molecule has 19 heavy (non-hydrogen) atoms. The van der Waals surface area contributed by atoms with Crippen molar-refractivity contribution < 1.29 is 4.79 Å². The van der Waals surface area contributed by atoms with Gasteiger partial charge in [-0.25, -0.2) is 0 Å². The van der Waals surface area contributed by atoms with Gasteiger partial charge in [0.2, 0.25) is 5.91 Å². The zero-order valence-corrected chi connectivity index (χ0v) is 12.5. The highest BCUT2D eigenvalue weighted by molar-refractivity contribution is 5.92. The zero-order valence-electron chi connectivity index (χ0n) is 12.5. The van der Waals surface area contributed by atoms with Crippen molar-refractivity contribution in [3.63, 3.8) is 0 Å². The number of nitrogens with two attached hydrogens (primary N) is 1. The zero-order chi connectivity index (χ0) is 14.5. The summed E-state index contributed by atoms with van der Waals surface area (Å²) in [5.41, 5.74) is 6.06. The predicted molar refractivity (Wildman–Crippen MR) is 83.8 cm³/mol. The van der Waals surface area contributed by atoms with Crippen LogP contribution in [0.3, 0.4) is 0 Å². The summed E-state index contributed by atoms with van der Waals surface area (Å²) in [7, 11) is 0. The molecule has 2 N–H and O–H groups in total. The van der Waals surface area contributed by atoms with Crippen LogP contribution < -0.4 is 5.73 Å². The van der Waals surface area contributed by atoms with E-state index in [0.717, 1.165) is 24.8 Å². The van der Waals surface area contributed by atoms with Gasteiger partial charge in [0.05, 0.1) is 0 Å². The maximum Gasteiger partial charge on any atom is 0.244 e. The highest BCUT2D eigenvalue weighted by Gasteiger charge is 2.05. The molecule has 0 aromatic carbocycles. The SMILES string of the molecule is C=CCCCCCCC=CC=C(CC(C)C)C(N)=O. The Morgan fingerprint density at radius 3 is 2.32 bits per heavy atom. The largest absolute Gasteiger partial charge is 0.366 e. The molecule has 0 atom stereocenters. The minimum absolute atomic E-state index is 0.303. The van der Waals surface area contributed by atoms with E-state index in [1.165, 1.54) is 25.7 Å². The second-order valence-corrected chi connectivity index (χ2v) is 5.36.